The van der Waals surface area contributed by atoms with Crippen molar-refractivity contribution in [3.05, 3.63) is 52.4 Å². The molecule has 2 aromatic carbocycles. The molecule has 146 valence electrons. The third-order valence-electron chi connectivity index (χ3n) is 5.32. The molecule has 0 atom stereocenters. The maximum atomic E-state index is 12.6. The molecule has 28 heavy (non-hydrogen) atoms. The van der Waals surface area contributed by atoms with E-state index in [1.54, 1.807) is 19.2 Å². The van der Waals surface area contributed by atoms with Gasteiger partial charge in [-0.25, -0.2) is 4.79 Å². The topological polar surface area (TPSA) is 48.7 Å². The van der Waals surface area contributed by atoms with Crippen molar-refractivity contribution in [2.45, 2.75) is 38.9 Å². The van der Waals surface area contributed by atoms with Gasteiger partial charge in [-0.3, -0.25) is 0 Å². The monoisotopic (exact) mass is 394 g/mol. The number of hydrogen-bond acceptors (Lipinski definition) is 4. The molecule has 4 nitrogen and oxygen atoms in total. The summed E-state index contributed by atoms with van der Waals surface area (Å²) in [6.45, 7) is 11.4. The third kappa shape index (κ3) is 3.84. The van der Waals surface area contributed by atoms with Crippen molar-refractivity contribution in [2.24, 2.45) is 0 Å². The van der Waals surface area contributed by atoms with Crippen LogP contribution >= 0.6 is 0 Å². The molecule has 0 saturated heterocycles. The van der Waals surface area contributed by atoms with E-state index < -0.39 is 8.32 Å². The molecule has 0 saturated carbocycles. The van der Waals surface area contributed by atoms with Gasteiger partial charge in [0.1, 0.15) is 17.9 Å². The molecule has 0 radical (unpaired) electrons. The van der Waals surface area contributed by atoms with Crippen LogP contribution in [0, 0.1) is 11.8 Å². The second kappa shape index (κ2) is 7.46. The Bertz CT molecular complexity index is 1140. The minimum atomic E-state index is -2.05. The summed E-state index contributed by atoms with van der Waals surface area (Å²) in [6.07, 6.45) is 0. The van der Waals surface area contributed by atoms with Gasteiger partial charge >= 0.3 is 5.63 Å². The summed E-state index contributed by atoms with van der Waals surface area (Å²) in [5.41, 5.74) is 0.910. The largest absolute Gasteiger partial charge is 0.543 e. The van der Waals surface area contributed by atoms with Crippen LogP contribution in [0.4, 0.5) is 0 Å². The fraction of sp³-hybridized carbons (Fsp3) is 0.348. The second-order valence-electron chi connectivity index (χ2n) is 8.38. The molecule has 0 spiro atoms. The SMILES string of the molecule is COCC#Cc1ccc2c(c1)c(=O)oc1cccc(O[Si](C)(C)C(C)(C)C)c12. The number of rotatable bonds is 3. The van der Waals surface area contributed by atoms with Crippen LogP contribution in [0.3, 0.4) is 0 Å². The standard InChI is InChI=1S/C23H26O4Si/c1-23(2,3)28(5,6)27-20-11-7-10-19-21(20)17-13-12-16(9-8-14-25-4)15-18(17)22(24)26-19/h7,10-13,15H,14H2,1-6H3. The summed E-state index contributed by atoms with van der Waals surface area (Å²) in [5, 5.41) is 2.21. The van der Waals surface area contributed by atoms with Crippen LogP contribution in [0.25, 0.3) is 21.7 Å². The lowest BCUT2D eigenvalue weighted by molar-refractivity contribution is 0.240. The van der Waals surface area contributed by atoms with Crippen LogP contribution in [0.1, 0.15) is 26.3 Å². The first kappa shape index (κ1) is 20.2. The molecule has 0 unspecified atom stereocenters. The Labute approximate surface area is 166 Å². The Morgan fingerprint density at radius 2 is 1.86 bits per heavy atom. The van der Waals surface area contributed by atoms with Gasteiger partial charge in [-0.15, -0.1) is 0 Å². The summed E-state index contributed by atoms with van der Waals surface area (Å²) >= 11 is 0. The van der Waals surface area contributed by atoms with Crippen molar-refractivity contribution in [3.8, 4) is 17.6 Å². The highest BCUT2D eigenvalue weighted by Gasteiger charge is 2.39. The highest BCUT2D eigenvalue weighted by Crippen LogP contribution is 2.40. The molecule has 5 heteroatoms. The predicted octanol–water partition coefficient (Wildman–Crippen LogP) is 5.33. The number of methoxy groups -OCH3 is 1. The minimum absolute atomic E-state index is 0.0602. The van der Waals surface area contributed by atoms with Gasteiger partial charge in [0.15, 0.2) is 0 Å². The van der Waals surface area contributed by atoms with E-state index in [0.29, 0.717) is 17.6 Å². The summed E-state index contributed by atoms with van der Waals surface area (Å²) in [4.78, 5) is 12.6. The molecule has 0 aliphatic heterocycles. The maximum Gasteiger partial charge on any atom is 0.344 e. The predicted molar refractivity (Wildman–Crippen MR) is 117 cm³/mol. The van der Waals surface area contributed by atoms with Gasteiger partial charge in [0.2, 0.25) is 0 Å². The van der Waals surface area contributed by atoms with Gasteiger partial charge in [-0.2, -0.15) is 0 Å². The zero-order valence-corrected chi connectivity index (χ0v) is 18.3. The average Bonchev–Trinajstić information content (AvgIpc) is 2.61. The molecule has 3 rings (SSSR count). The van der Waals surface area contributed by atoms with E-state index in [1.807, 2.05) is 24.3 Å². The number of hydrogen-bond donors (Lipinski definition) is 0. The Morgan fingerprint density at radius 3 is 2.54 bits per heavy atom. The van der Waals surface area contributed by atoms with E-state index in [4.69, 9.17) is 13.6 Å². The van der Waals surface area contributed by atoms with Crippen LogP contribution in [-0.2, 0) is 4.74 Å². The fourth-order valence-electron chi connectivity index (χ4n) is 2.75. The lowest BCUT2D eigenvalue weighted by Gasteiger charge is -2.36. The number of benzene rings is 2. The quantitative estimate of drug-likeness (QED) is 0.261. The molecule has 0 bridgehead atoms. The van der Waals surface area contributed by atoms with Gasteiger partial charge in [-0.05, 0) is 42.4 Å². The molecule has 0 amide bonds. The van der Waals surface area contributed by atoms with Crippen molar-refractivity contribution >= 4 is 30.1 Å². The summed E-state index contributed by atoms with van der Waals surface area (Å²) in [6, 6.07) is 11.2. The first-order chi connectivity index (χ1) is 13.1. The Morgan fingerprint density at radius 1 is 1.11 bits per heavy atom. The maximum absolute atomic E-state index is 12.6. The Kier molecular flexibility index (Phi) is 5.38. The van der Waals surface area contributed by atoms with Crippen LogP contribution in [0.15, 0.2) is 45.6 Å². The first-order valence-corrected chi connectivity index (χ1v) is 12.2. The zero-order valence-electron chi connectivity index (χ0n) is 17.3. The van der Waals surface area contributed by atoms with Crippen LogP contribution in [-0.4, -0.2) is 22.0 Å². The zero-order chi connectivity index (χ0) is 20.5. The van der Waals surface area contributed by atoms with Crippen molar-refractivity contribution in [1.82, 2.24) is 0 Å². The van der Waals surface area contributed by atoms with Crippen molar-refractivity contribution < 1.29 is 13.6 Å². The van der Waals surface area contributed by atoms with E-state index in [2.05, 4.69) is 45.7 Å². The number of fused-ring (bicyclic) bond motifs is 3. The lowest BCUT2D eigenvalue weighted by Crippen LogP contribution is -2.43. The van der Waals surface area contributed by atoms with E-state index in [0.717, 1.165) is 22.1 Å². The van der Waals surface area contributed by atoms with E-state index in [1.165, 1.54) is 0 Å². The molecule has 1 heterocycles. The molecule has 0 N–H and O–H groups in total. The van der Waals surface area contributed by atoms with Crippen molar-refractivity contribution in [3.63, 3.8) is 0 Å². The average molecular weight is 395 g/mol. The van der Waals surface area contributed by atoms with Crippen molar-refractivity contribution in [1.29, 1.82) is 0 Å². The molecule has 0 aliphatic carbocycles. The molecule has 0 fully saturated rings. The van der Waals surface area contributed by atoms with Gasteiger partial charge in [0.25, 0.3) is 8.32 Å². The van der Waals surface area contributed by atoms with Crippen molar-refractivity contribution in [2.75, 3.05) is 13.7 Å². The van der Waals surface area contributed by atoms with E-state index in [-0.39, 0.29) is 10.7 Å². The highest BCUT2D eigenvalue weighted by molar-refractivity contribution is 6.74. The second-order valence-corrected chi connectivity index (χ2v) is 13.1. The molecule has 3 aromatic rings. The number of ether oxygens (including phenoxy) is 1. The summed E-state index contributed by atoms with van der Waals surface area (Å²) in [5.74, 6) is 6.67. The van der Waals surface area contributed by atoms with Crippen LogP contribution in [0.2, 0.25) is 18.1 Å². The summed E-state index contributed by atoms with van der Waals surface area (Å²) in [7, 11) is -0.456. The van der Waals surface area contributed by atoms with Gasteiger partial charge in [0, 0.05) is 18.1 Å². The normalized spacial score (nSPS) is 12.1. The van der Waals surface area contributed by atoms with Crippen LogP contribution in [0.5, 0.6) is 5.75 Å². The van der Waals surface area contributed by atoms with Crippen LogP contribution < -0.4 is 10.1 Å². The van der Waals surface area contributed by atoms with Gasteiger partial charge in [0.05, 0.1) is 10.8 Å². The van der Waals surface area contributed by atoms with E-state index in [9.17, 15) is 4.79 Å². The lowest BCUT2D eigenvalue weighted by atomic mass is 10.0. The van der Waals surface area contributed by atoms with Gasteiger partial charge < -0.3 is 13.6 Å². The molecule has 1 aromatic heterocycles. The Hall–Kier alpha value is -2.55. The first-order valence-electron chi connectivity index (χ1n) is 9.30. The van der Waals surface area contributed by atoms with Gasteiger partial charge in [-0.1, -0.05) is 44.7 Å². The molecular weight excluding hydrogens is 368 g/mol. The molecule has 0 aliphatic rings. The fourth-order valence-corrected chi connectivity index (χ4v) is 3.77. The summed E-state index contributed by atoms with van der Waals surface area (Å²) < 4.78 is 17.1. The Balaban J connectivity index is 2.23. The minimum Gasteiger partial charge on any atom is -0.543 e. The molecular formula is C23H26O4Si. The smallest absolute Gasteiger partial charge is 0.344 e. The van der Waals surface area contributed by atoms with E-state index >= 15 is 0 Å². The third-order valence-corrected chi connectivity index (χ3v) is 9.66. The highest BCUT2D eigenvalue weighted by atomic mass is 28.4.